The van der Waals surface area contributed by atoms with Crippen LogP contribution in [0.25, 0.3) is 27.5 Å². The van der Waals surface area contributed by atoms with Gasteiger partial charge in [0.15, 0.2) is 0 Å². The van der Waals surface area contributed by atoms with E-state index in [0.717, 1.165) is 11.1 Å². The number of H-pyrrole nitrogens is 1. The first-order chi connectivity index (χ1) is 10.2. The normalized spacial score (nSPS) is 11.3. The summed E-state index contributed by atoms with van der Waals surface area (Å²) in [7, 11) is 0. The molecule has 4 rings (SSSR count). The average Bonchev–Trinajstić information content (AvgIpc) is 2.85. The Kier molecular flexibility index (Phi) is 2.55. The molecule has 6 heteroatoms. The first-order valence-corrected chi connectivity index (χ1v) is 6.72. The Hall–Kier alpha value is -2.66. The monoisotopic (exact) mass is 296 g/mol. The number of aromatic amines is 1. The molecule has 0 radical (unpaired) electrons. The van der Waals surface area contributed by atoms with E-state index < -0.39 is 0 Å². The molecule has 102 valence electrons. The highest BCUT2D eigenvalue weighted by Crippen LogP contribution is 2.21. The molecule has 0 aliphatic carbocycles. The third kappa shape index (κ3) is 1.82. The number of aromatic nitrogens is 4. The Morgan fingerprint density at radius 3 is 2.62 bits per heavy atom. The van der Waals surface area contributed by atoms with Crippen molar-refractivity contribution in [1.82, 2.24) is 19.7 Å². The number of benzene rings is 1. The van der Waals surface area contributed by atoms with Crippen LogP contribution < -0.4 is 5.56 Å². The van der Waals surface area contributed by atoms with Crippen molar-refractivity contribution in [2.24, 2.45) is 0 Å². The van der Waals surface area contributed by atoms with Crippen molar-refractivity contribution in [3.63, 3.8) is 0 Å². The van der Waals surface area contributed by atoms with E-state index in [1.165, 1.54) is 4.68 Å². The summed E-state index contributed by atoms with van der Waals surface area (Å²) in [6.45, 7) is 0. The third-order valence-corrected chi connectivity index (χ3v) is 3.60. The lowest BCUT2D eigenvalue weighted by Crippen LogP contribution is -2.13. The minimum absolute atomic E-state index is 0.138. The molecule has 4 aromatic rings. The van der Waals surface area contributed by atoms with Crippen LogP contribution in [-0.4, -0.2) is 19.7 Å². The predicted molar refractivity (Wildman–Crippen MR) is 82.0 cm³/mol. The van der Waals surface area contributed by atoms with Crippen molar-refractivity contribution < 1.29 is 0 Å². The van der Waals surface area contributed by atoms with Crippen LogP contribution in [0.3, 0.4) is 0 Å². The van der Waals surface area contributed by atoms with Gasteiger partial charge in [0.05, 0.1) is 22.1 Å². The van der Waals surface area contributed by atoms with Gasteiger partial charge in [-0.25, -0.2) is 9.67 Å². The number of nitrogens with zero attached hydrogens (tertiary/aromatic N) is 3. The van der Waals surface area contributed by atoms with E-state index >= 15 is 0 Å². The van der Waals surface area contributed by atoms with Crippen LogP contribution in [-0.2, 0) is 0 Å². The second-order valence-corrected chi connectivity index (χ2v) is 5.05. The Bertz CT molecular complexity index is 1020. The minimum atomic E-state index is -0.138. The zero-order chi connectivity index (χ0) is 14.4. The second kappa shape index (κ2) is 4.43. The predicted octanol–water partition coefficient (Wildman–Crippen LogP) is 2.92. The highest BCUT2D eigenvalue weighted by Gasteiger charge is 2.12. The summed E-state index contributed by atoms with van der Waals surface area (Å²) < 4.78 is 1.50. The number of pyridine rings is 2. The molecule has 21 heavy (non-hydrogen) atoms. The smallest absolute Gasteiger partial charge is 0.280 e. The van der Waals surface area contributed by atoms with Crippen LogP contribution in [0.2, 0.25) is 5.15 Å². The summed E-state index contributed by atoms with van der Waals surface area (Å²) in [4.78, 5) is 20.8. The van der Waals surface area contributed by atoms with Gasteiger partial charge in [-0.2, -0.15) is 0 Å². The summed E-state index contributed by atoms with van der Waals surface area (Å²) in [5, 5.41) is 4.79. The number of hydrogen-bond donors (Lipinski definition) is 1. The molecular formula is C15H9ClN4O. The Morgan fingerprint density at radius 2 is 1.81 bits per heavy atom. The number of fused-ring (bicyclic) bond motifs is 3. The zero-order valence-corrected chi connectivity index (χ0v) is 11.5. The SMILES string of the molecule is O=c1c2cnc3cc(Cl)ncc3c2[nH]n1-c1ccccc1. The van der Waals surface area contributed by atoms with Gasteiger partial charge in [0.1, 0.15) is 5.15 Å². The molecule has 5 nitrogen and oxygen atoms in total. The number of rotatable bonds is 1. The van der Waals surface area contributed by atoms with E-state index in [0.29, 0.717) is 21.6 Å². The summed E-state index contributed by atoms with van der Waals surface area (Å²) in [5.41, 5.74) is 2.04. The zero-order valence-electron chi connectivity index (χ0n) is 10.7. The van der Waals surface area contributed by atoms with E-state index in [1.54, 1.807) is 18.5 Å². The molecule has 1 N–H and O–H groups in total. The molecule has 0 saturated carbocycles. The lowest BCUT2D eigenvalue weighted by Gasteiger charge is -2.00. The molecule has 0 unspecified atom stereocenters. The first-order valence-electron chi connectivity index (χ1n) is 6.34. The molecular weight excluding hydrogens is 288 g/mol. The molecule has 0 fully saturated rings. The van der Waals surface area contributed by atoms with Gasteiger partial charge in [0, 0.05) is 23.8 Å². The molecule has 0 bridgehead atoms. The quantitative estimate of drug-likeness (QED) is 0.549. The molecule has 0 atom stereocenters. The van der Waals surface area contributed by atoms with E-state index in [1.807, 2.05) is 30.3 Å². The molecule has 0 aliphatic heterocycles. The van der Waals surface area contributed by atoms with Gasteiger partial charge in [-0.05, 0) is 12.1 Å². The van der Waals surface area contributed by atoms with Crippen LogP contribution >= 0.6 is 11.6 Å². The summed E-state index contributed by atoms with van der Waals surface area (Å²) in [6, 6.07) is 11.1. The van der Waals surface area contributed by atoms with Gasteiger partial charge in [-0.1, -0.05) is 29.8 Å². The Labute approximate surface area is 123 Å². The van der Waals surface area contributed by atoms with Gasteiger partial charge in [0.25, 0.3) is 5.56 Å². The maximum absolute atomic E-state index is 12.5. The van der Waals surface area contributed by atoms with Crippen molar-refractivity contribution in [1.29, 1.82) is 0 Å². The molecule has 0 amide bonds. The van der Waals surface area contributed by atoms with Gasteiger partial charge >= 0.3 is 0 Å². The van der Waals surface area contributed by atoms with E-state index in [4.69, 9.17) is 11.6 Å². The summed E-state index contributed by atoms with van der Waals surface area (Å²) in [6.07, 6.45) is 3.19. The van der Waals surface area contributed by atoms with Crippen LogP contribution in [0, 0.1) is 0 Å². The van der Waals surface area contributed by atoms with Crippen molar-refractivity contribution in [3.8, 4) is 5.69 Å². The topological polar surface area (TPSA) is 63.6 Å². The summed E-state index contributed by atoms with van der Waals surface area (Å²) in [5.74, 6) is 0. The van der Waals surface area contributed by atoms with E-state index in [-0.39, 0.29) is 5.56 Å². The first kappa shape index (κ1) is 12.1. The van der Waals surface area contributed by atoms with Crippen LogP contribution in [0.15, 0.2) is 53.6 Å². The average molecular weight is 297 g/mol. The van der Waals surface area contributed by atoms with Crippen molar-refractivity contribution in [2.45, 2.75) is 0 Å². The third-order valence-electron chi connectivity index (χ3n) is 3.39. The molecule has 0 saturated heterocycles. The fourth-order valence-electron chi connectivity index (χ4n) is 2.39. The van der Waals surface area contributed by atoms with Gasteiger partial charge in [-0.3, -0.25) is 14.9 Å². The number of nitrogens with one attached hydrogen (secondary N) is 1. The highest BCUT2D eigenvalue weighted by molar-refractivity contribution is 6.30. The number of halogens is 1. The van der Waals surface area contributed by atoms with Crippen LogP contribution in [0.4, 0.5) is 0 Å². The molecule has 0 spiro atoms. The standard InChI is InChI=1S/C15H9ClN4O/c16-13-6-12-10(7-18-13)14-11(8-17-12)15(21)20(19-14)9-4-2-1-3-5-9/h1-8,19H. The van der Waals surface area contributed by atoms with Crippen molar-refractivity contribution in [2.75, 3.05) is 0 Å². The van der Waals surface area contributed by atoms with Gasteiger partial charge < -0.3 is 0 Å². The van der Waals surface area contributed by atoms with Crippen LogP contribution in [0.5, 0.6) is 0 Å². The number of para-hydroxylation sites is 1. The minimum Gasteiger partial charge on any atom is -0.289 e. The van der Waals surface area contributed by atoms with Gasteiger partial charge in [0.2, 0.25) is 0 Å². The lowest BCUT2D eigenvalue weighted by atomic mass is 10.2. The molecule has 3 heterocycles. The highest BCUT2D eigenvalue weighted by atomic mass is 35.5. The maximum atomic E-state index is 12.5. The van der Waals surface area contributed by atoms with Gasteiger partial charge in [-0.15, -0.1) is 0 Å². The number of hydrogen-bond acceptors (Lipinski definition) is 3. The van der Waals surface area contributed by atoms with E-state index in [9.17, 15) is 4.79 Å². The van der Waals surface area contributed by atoms with Crippen molar-refractivity contribution in [3.05, 3.63) is 64.3 Å². The fraction of sp³-hybridized carbons (Fsp3) is 0. The molecule has 3 aromatic heterocycles. The maximum Gasteiger partial charge on any atom is 0.280 e. The Balaban J connectivity index is 2.11. The Morgan fingerprint density at radius 1 is 1.05 bits per heavy atom. The second-order valence-electron chi connectivity index (χ2n) is 4.66. The molecule has 1 aromatic carbocycles. The fourth-order valence-corrected chi connectivity index (χ4v) is 2.54. The van der Waals surface area contributed by atoms with Crippen molar-refractivity contribution >= 4 is 33.4 Å². The van der Waals surface area contributed by atoms with Crippen LogP contribution in [0.1, 0.15) is 0 Å². The van der Waals surface area contributed by atoms with E-state index in [2.05, 4.69) is 15.1 Å². The summed E-state index contributed by atoms with van der Waals surface area (Å²) >= 11 is 5.87. The lowest BCUT2D eigenvalue weighted by molar-refractivity contribution is 0.864. The molecule has 0 aliphatic rings. The largest absolute Gasteiger partial charge is 0.289 e.